The first kappa shape index (κ1) is 14.3. The van der Waals surface area contributed by atoms with Gasteiger partial charge in [0.2, 0.25) is 0 Å². The molecule has 1 N–H and O–H groups in total. The zero-order chi connectivity index (χ0) is 14.6. The zero-order valence-electron chi connectivity index (χ0n) is 11.4. The molecule has 108 valence electrons. The second-order valence-electron chi connectivity index (χ2n) is 5.03. The van der Waals surface area contributed by atoms with Gasteiger partial charge in [0.1, 0.15) is 11.2 Å². The quantitative estimate of drug-likeness (QED) is 0.520. The van der Waals surface area contributed by atoms with Crippen LogP contribution in [-0.4, -0.2) is 23.5 Å². The summed E-state index contributed by atoms with van der Waals surface area (Å²) in [5.41, 5.74) is -0.509. The van der Waals surface area contributed by atoms with Gasteiger partial charge < -0.3 is 10.1 Å². The van der Waals surface area contributed by atoms with Crippen LogP contribution in [0.1, 0.15) is 32.1 Å². The van der Waals surface area contributed by atoms with E-state index >= 15 is 0 Å². The highest BCUT2D eigenvalue weighted by molar-refractivity contribution is 5.85. The Morgan fingerprint density at radius 3 is 2.55 bits per heavy atom. The molecule has 1 aromatic carbocycles. The van der Waals surface area contributed by atoms with Crippen LogP contribution in [-0.2, 0) is 9.53 Å². The van der Waals surface area contributed by atoms with E-state index in [-0.39, 0.29) is 11.7 Å². The molecule has 20 heavy (non-hydrogen) atoms. The number of methoxy groups -OCH3 is 1. The van der Waals surface area contributed by atoms with Crippen LogP contribution >= 0.6 is 0 Å². The first-order chi connectivity index (χ1) is 9.59. The first-order valence-corrected chi connectivity index (χ1v) is 6.69. The van der Waals surface area contributed by atoms with E-state index in [9.17, 15) is 14.9 Å². The lowest BCUT2D eigenvalue weighted by atomic mass is 9.81. The summed E-state index contributed by atoms with van der Waals surface area (Å²) in [6.45, 7) is 0. The Labute approximate surface area is 117 Å². The molecule has 0 unspecified atom stereocenters. The molecular formula is C14H18N2O4. The lowest BCUT2D eigenvalue weighted by Gasteiger charge is -2.35. The molecule has 1 fully saturated rings. The van der Waals surface area contributed by atoms with Crippen molar-refractivity contribution in [3.05, 3.63) is 34.4 Å². The van der Waals surface area contributed by atoms with Crippen LogP contribution in [0.5, 0.6) is 0 Å². The van der Waals surface area contributed by atoms with Gasteiger partial charge in [0, 0.05) is 6.07 Å². The average molecular weight is 278 g/mol. The third-order valence-corrected chi connectivity index (χ3v) is 3.76. The van der Waals surface area contributed by atoms with Gasteiger partial charge in [-0.25, -0.2) is 4.79 Å². The van der Waals surface area contributed by atoms with Crippen LogP contribution in [0.3, 0.4) is 0 Å². The molecule has 1 aliphatic rings. The van der Waals surface area contributed by atoms with Gasteiger partial charge in [0.15, 0.2) is 0 Å². The Hall–Kier alpha value is -2.11. The van der Waals surface area contributed by atoms with Crippen LogP contribution in [0.15, 0.2) is 24.3 Å². The van der Waals surface area contributed by atoms with Gasteiger partial charge >= 0.3 is 5.97 Å². The number of nitrogens with one attached hydrogen (secondary N) is 1. The number of nitro benzene ring substituents is 1. The van der Waals surface area contributed by atoms with Crippen LogP contribution in [0.2, 0.25) is 0 Å². The topological polar surface area (TPSA) is 81.5 Å². The lowest BCUT2D eigenvalue weighted by molar-refractivity contribution is -0.384. The fourth-order valence-corrected chi connectivity index (χ4v) is 2.73. The molecule has 0 radical (unpaired) electrons. The van der Waals surface area contributed by atoms with E-state index in [0.717, 1.165) is 19.3 Å². The van der Waals surface area contributed by atoms with Crippen molar-refractivity contribution in [3.8, 4) is 0 Å². The number of rotatable bonds is 4. The van der Waals surface area contributed by atoms with Crippen molar-refractivity contribution in [2.24, 2.45) is 0 Å². The molecule has 0 spiro atoms. The van der Waals surface area contributed by atoms with Crippen molar-refractivity contribution in [3.63, 3.8) is 0 Å². The summed E-state index contributed by atoms with van der Waals surface area (Å²) in [5, 5.41) is 14.1. The third-order valence-electron chi connectivity index (χ3n) is 3.76. The minimum absolute atomic E-state index is 0.0265. The Morgan fingerprint density at radius 1 is 1.30 bits per heavy atom. The minimum atomic E-state index is -0.848. The van der Waals surface area contributed by atoms with E-state index in [4.69, 9.17) is 4.74 Å². The monoisotopic (exact) mass is 278 g/mol. The number of para-hydroxylation sites is 2. The number of carbonyl (C=O) groups is 1. The molecule has 1 aliphatic carbocycles. The summed E-state index contributed by atoms with van der Waals surface area (Å²) < 4.78 is 4.89. The Bertz CT molecular complexity index is 510. The third kappa shape index (κ3) is 2.74. The Morgan fingerprint density at radius 2 is 1.95 bits per heavy atom. The van der Waals surface area contributed by atoms with E-state index in [1.54, 1.807) is 18.2 Å². The smallest absolute Gasteiger partial charge is 0.331 e. The molecule has 0 aliphatic heterocycles. The van der Waals surface area contributed by atoms with Gasteiger partial charge in [0.05, 0.1) is 12.0 Å². The van der Waals surface area contributed by atoms with E-state index in [2.05, 4.69) is 5.32 Å². The Kier molecular flexibility index (Phi) is 4.22. The van der Waals surface area contributed by atoms with Crippen molar-refractivity contribution in [2.75, 3.05) is 12.4 Å². The molecule has 0 aromatic heterocycles. The predicted molar refractivity (Wildman–Crippen MR) is 74.6 cm³/mol. The number of nitrogens with zero attached hydrogens (tertiary/aromatic N) is 1. The fourth-order valence-electron chi connectivity index (χ4n) is 2.73. The number of nitro groups is 1. The molecule has 0 amide bonds. The van der Waals surface area contributed by atoms with E-state index in [1.165, 1.54) is 13.2 Å². The van der Waals surface area contributed by atoms with E-state index in [1.807, 2.05) is 0 Å². The normalized spacial score (nSPS) is 17.2. The highest BCUT2D eigenvalue weighted by Crippen LogP contribution is 2.35. The largest absolute Gasteiger partial charge is 0.467 e. The van der Waals surface area contributed by atoms with Gasteiger partial charge in [-0.05, 0) is 18.9 Å². The molecule has 0 heterocycles. The second-order valence-corrected chi connectivity index (χ2v) is 5.03. The number of benzene rings is 1. The van der Waals surface area contributed by atoms with Gasteiger partial charge in [-0.2, -0.15) is 0 Å². The highest BCUT2D eigenvalue weighted by atomic mass is 16.6. The van der Waals surface area contributed by atoms with E-state index in [0.29, 0.717) is 18.5 Å². The first-order valence-electron chi connectivity index (χ1n) is 6.69. The van der Waals surface area contributed by atoms with Crippen molar-refractivity contribution in [1.82, 2.24) is 0 Å². The summed E-state index contributed by atoms with van der Waals surface area (Å²) in [6, 6.07) is 6.37. The predicted octanol–water partition coefficient (Wildman–Crippen LogP) is 2.88. The minimum Gasteiger partial charge on any atom is -0.467 e. The summed E-state index contributed by atoms with van der Waals surface area (Å²) in [4.78, 5) is 22.7. The maximum absolute atomic E-state index is 12.1. The standard InChI is InChI=1S/C14H18N2O4/c1-20-13(17)14(9-5-2-6-10-14)15-11-7-3-4-8-12(11)16(18)19/h3-4,7-8,15H,2,5-6,9-10H2,1H3. The lowest BCUT2D eigenvalue weighted by Crippen LogP contribution is -2.48. The van der Waals surface area contributed by atoms with Crippen molar-refractivity contribution >= 4 is 17.3 Å². The van der Waals surface area contributed by atoms with Crippen LogP contribution in [0, 0.1) is 10.1 Å². The number of ether oxygens (including phenoxy) is 1. The van der Waals surface area contributed by atoms with Gasteiger partial charge in [-0.15, -0.1) is 0 Å². The number of anilines is 1. The van der Waals surface area contributed by atoms with Gasteiger partial charge in [-0.3, -0.25) is 10.1 Å². The molecule has 6 nitrogen and oxygen atoms in total. The Balaban J connectivity index is 2.33. The fraction of sp³-hybridized carbons (Fsp3) is 0.500. The van der Waals surface area contributed by atoms with Crippen molar-refractivity contribution < 1.29 is 14.5 Å². The van der Waals surface area contributed by atoms with Crippen LogP contribution < -0.4 is 5.32 Å². The number of hydrogen-bond donors (Lipinski definition) is 1. The van der Waals surface area contributed by atoms with Gasteiger partial charge in [0.25, 0.3) is 5.69 Å². The summed E-state index contributed by atoms with van der Waals surface area (Å²) in [6.07, 6.45) is 4.14. The molecule has 2 rings (SSSR count). The van der Waals surface area contributed by atoms with Crippen molar-refractivity contribution in [1.29, 1.82) is 0 Å². The summed E-state index contributed by atoms with van der Waals surface area (Å²) in [7, 11) is 1.35. The molecule has 0 saturated heterocycles. The zero-order valence-corrected chi connectivity index (χ0v) is 11.4. The highest BCUT2D eigenvalue weighted by Gasteiger charge is 2.41. The van der Waals surface area contributed by atoms with E-state index < -0.39 is 10.5 Å². The molecule has 0 atom stereocenters. The van der Waals surface area contributed by atoms with Gasteiger partial charge in [-0.1, -0.05) is 31.4 Å². The van der Waals surface area contributed by atoms with Crippen LogP contribution in [0.25, 0.3) is 0 Å². The maximum atomic E-state index is 12.1. The summed E-state index contributed by atoms with van der Waals surface area (Å²) >= 11 is 0. The second kappa shape index (κ2) is 5.90. The summed E-state index contributed by atoms with van der Waals surface area (Å²) in [5.74, 6) is -0.352. The van der Waals surface area contributed by atoms with Crippen LogP contribution in [0.4, 0.5) is 11.4 Å². The molecular weight excluding hydrogens is 260 g/mol. The number of esters is 1. The molecule has 1 saturated carbocycles. The number of carbonyl (C=O) groups excluding carboxylic acids is 1. The molecule has 0 bridgehead atoms. The molecule has 6 heteroatoms. The SMILES string of the molecule is COC(=O)C1(Nc2ccccc2[N+](=O)[O-])CCCCC1. The molecule has 1 aromatic rings. The number of hydrogen-bond acceptors (Lipinski definition) is 5. The average Bonchev–Trinajstić information content (AvgIpc) is 2.47. The maximum Gasteiger partial charge on any atom is 0.331 e. The van der Waals surface area contributed by atoms with Crippen molar-refractivity contribution in [2.45, 2.75) is 37.6 Å².